The van der Waals surface area contributed by atoms with Crippen LogP contribution in [0, 0.1) is 17.8 Å². The molecule has 5 atom stereocenters. The summed E-state index contributed by atoms with van der Waals surface area (Å²) in [5, 5.41) is 0.742. The number of amides is 1. The fourth-order valence-electron chi connectivity index (χ4n) is 7.19. The molecule has 2 aliphatic carbocycles. The van der Waals surface area contributed by atoms with Gasteiger partial charge in [-0.15, -0.1) is 0 Å². The molecule has 2 aliphatic heterocycles. The predicted octanol–water partition coefficient (Wildman–Crippen LogP) is 5.65. The number of nitrogens with zero attached hydrogens (tertiary/aromatic N) is 1. The van der Waals surface area contributed by atoms with E-state index in [4.69, 9.17) is 21.1 Å². The number of rotatable bonds is 1. The molecule has 1 fully saturated rings. The molecule has 7 nitrogen and oxygen atoms in total. The van der Waals surface area contributed by atoms with Crippen LogP contribution >= 0.6 is 11.6 Å². The molecule has 41 heavy (non-hydrogen) atoms. The van der Waals surface area contributed by atoms with Gasteiger partial charge in [-0.3, -0.25) is 4.79 Å². The Kier molecular flexibility index (Phi) is 7.85. The van der Waals surface area contributed by atoms with Crippen molar-refractivity contribution in [3.05, 3.63) is 64.7 Å². The topological polar surface area (TPSA) is 84.9 Å². The van der Waals surface area contributed by atoms with Crippen LogP contribution in [0.4, 0.5) is 5.69 Å². The smallest absolute Gasteiger partial charge is 0.264 e. The lowest BCUT2D eigenvalue weighted by Crippen LogP contribution is -2.49. The van der Waals surface area contributed by atoms with Gasteiger partial charge in [-0.05, 0) is 98.2 Å². The summed E-state index contributed by atoms with van der Waals surface area (Å²) < 4.78 is 41.6. The van der Waals surface area contributed by atoms with E-state index in [9.17, 15) is 13.2 Å². The van der Waals surface area contributed by atoms with E-state index in [2.05, 4.69) is 33.9 Å². The summed E-state index contributed by atoms with van der Waals surface area (Å²) in [6.07, 6.45) is 10.6. The zero-order chi connectivity index (χ0) is 28.8. The average molecular weight is 599 g/mol. The lowest BCUT2D eigenvalue weighted by molar-refractivity contribution is -0.122. The lowest BCUT2D eigenvalue weighted by Gasteiger charge is -2.46. The maximum atomic E-state index is 13.4. The minimum atomic E-state index is -4.05. The number of fused-ring (bicyclic) bond motifs is 4. The second-order valence-electron chi connectivity index (χ2n) is 12.3. The van der Waals surface area contributed by atoms with Gasteiger partial charge >= 0.3 is 0 Å². The maximum absolute atomic E-state index is 13.4. The van der Waals surface area contributed by atoms with Crippen LogP contribution in [0.25, 0.3) is 0 Å². The first kappa shape index (κ1) is 28.6. The largest absolute Gasteiger partial charge is 0.490 e. The van der Waals surface area contributed by atoms with Crippen LogP contribution in [0.3, 0.4) is 0 Å². The Labute approximate surface area is 248 Å². The molecular formula is C32H39ClN2O5S. The summed E-state index contributed by atoms with van der Waals surface area (Å²) in [4.78, 5) is 15.3. The highest BCUT2D eigenvalue weighted by atomic mass is 35.5. The van der Waals surface area contributed by atoms with Crippen LogP contribution in [0.2, 0.25) is 5.02 Å². The summed E-state index contributed by atoms with van der Waals surface area (Å²) in [7, 11) is -2.28. The summed E-state index contributed by atoms with van der Waals surface area (Å²) in [5.74, 6) is 0.500. The minimum Gasteiger partial charge on any atom is -0.490 e. The number of sulfonamides is 1. The van der Waals surface area contributed by atoms with Crippen molar-refractivity contribution < 1.29 is 22.7 Å². The van der Waals surface area contributed by atoms with Gasteiger partial charge in [0.15, 0.2) is 0 Å². The molecule has 0 aromatic heterocycles. The standard InChI is InChI=1S/C32H39ClN2O5S/c1-21-6-3-4-8-29(39-2)26-12-9-23(26)18-35-19-32(15-5-7-22-16-24(33)10-13-27(22)32)20-40-30-14-11-25(17-28(30)35)41(37,38)34-31(21)36/h4,8,10-11,13-14,16-17,21,23,26,29H,3,5-7,9,12,15,18-20H2,1-2H3,(H,34,36)/t21-,23-,26+,29-,32-/m0/s1. The Balaban J connectivity index is 1.44. The zero-order valence-corrected chi connectivity index (χ0v) is 25.3. The van der Waals surface area contributed by atoms with E-state index in [1.54, 1.807) is 32.2 Å². The van der Waals surface area contributed by atoms with Gasteiger partial charge in [0, 0.05) is 36.6 Å². The molecular weight excluding hydrogens is 560 g/mol. The van der Waals surface area contributed by atoms with Gasteiger partial charge in [-0.1, -0.05) is 36.7 Å². The molecule has 2 bridgehead atoms. The van der Waals surface area contributed by atoms with Gasteiger partial charge in [0.05, 0.1) is 23.3 Å². The highest BCUT2D eigenvalue weighted by molar-refractivity contribution is 7.90. The number of anilines is 1. The fourth-order valence-corrected chi connectivity index (χ4v) is 8.49. The third-order valence-corrected chi connectivity index (χ3v) is 11.3. The molecule has 1 saturated carbocycles. The molecule has 0 unspecified atom stereocenters. The van der Waals surface area contributed by atoms with Crippen molar-refractivity contribution >= 4 is 33.2 Å². The van der Waals surface area contributed by atoms with Crippen LogP contribution < -0.4 is 14.4 Å². The Morgan fingerprint density at radius 3 is 2.78 bits per heavy atom. The Morgan fingerprint density at radius 1 is 1.15 bits per heavy atom. The van der Waals surface area contributed by atoms with Crippen LogP contribution in [0.1, 0.15) is 56.6 Å². The van der Waals surface area contributed by atoms with Gasteiger partial charge in [0.1, 0.15) is 5.75 Å². The number of benzene rings is 2. The number of aryl methyl sites for hydroxylation is 1. The number of allylic oxidation sites excluding steroid dienone is 1. The van der Waals surface area contributed by atoms with E-state index in [-0.39, 0.29) is 16.4 Å². The fraction of sp³-hybridized carbons (Fsp3) is 0.531. The first-order valence-corrected chi connectivity index (χ1v) is 16.6. The minimum absolute atomic E-state index is 0.00621. The van der Waals surface area contributed by atoms with Crippen molar-refractivity contribution in [2.45, 2.75) is 68.3 Å². The predicted molar refractivity (Wildman–Crippen MR) is 160 cm³/mol. The first-order valence-electron chi connectivity index (χ1n) is 14.8. The van der Waals surface area contributed by atoms with Crippen molar-refractivity contribution in [2.24, 2.45) is 17.8 Å². The molecule has 2 aromatic rings. The zero-order valence-electron chi connectivity index (χ0n) is 23.8. The van der Waals surface area contributed by atoms with Crippen molar-refractivity contribution in [3.63, 3.8) is 0 Å². The highest BCUT2D eigenvalue weighted by Crippen LogP contribution is 2.47. The second kappa shape index (κ2) is 11.3. The van der Waals surface area contributed by atoms with E-state index in [1.165, 1.54) is 11.1 Å². The molecule has 220 valence electrons. The molecule has 0 radical (unpaired) electrons. The number of nitrogens with one attached hydrogen (secondary N) is 1. The van der Waals surface area contributed by atoms with Gasteiger partial charge in [0.25, 0.3) is 10.0 Å². The van der Waals surface area contributed by atoms with E-state index in [1.807, 2.05) is 6.07 Å². The van der Waals surface area contributed by atoms with E-state index in [0.29, 0.717) is 43.6 Å². The normalized spacial score (nSPS) is 31.2. The Morgan fingerprint density at radius 2 is 2.00 bits per heavy atom. The van der Waals surface area contributed by atoms with Crippen molar-refractivity contribution in [1.82, 2.24) is 4.72 Å². The summed E-state index contributed by atoms with van der Waals surface area (Å²) >= 11 is 6.39. The Hall–Kier alpha value is -2.55. The number of halogens is 1. The molecule has 1 N–H and O–H groups in total. The molecule has 4 aliphatic rings. The number of hydrogen-bond acceptors (Lipinski definition) is 6. The first-order chi connectivity index (χ1) is 19.7. The van der Waals surface area contributed by atoms with Crippen molar-refractivity contribution in [3.8, 4) is 5.75 Å². The van der Waals surface area contributed by atoms with E-state index < -0.39 is 21.8 Å². The van der Waals surface area contributed by atoms with Crippen LogP contribution in [-0.4, -0.2) is 47.2 Å². The van der Waals surface area contributed by atoms with Crippen LogP contribution in [0.15, 0.2) is 53.4 Å². The number of methoxy groups -OCH3 is 1. The lowest BCUT2D eigenvalue weighted by atomic mass is 9.68. The SMILES string of the molecule is CO[C@H]1C=CCC[C@H](C)C(=O)NS(=O)(=O)c2ccc3c(c2)N(C[C@@H]2CC[C@H]21)C[C@@]1(CCCc2cc(Cl)ccc21)CO3. The number of hydrogen-bond donors (Lipinski definition) is 1. The quantitative estimate of drug-likeness (QED) is 0.427. The monoisotopic (exact) mass is 598 g/mol. The van der Waals surface area contributed by atoms with Crippen LogP contribution in [0.5, 0.6) is 5.75 Å². The molecule has 1 spiro atoms. The molecule has 9 heteroatoms. The summed E-state index contributed by atoms with van der Waals surface area (Å²) in [6.45, 7) is 3.74. The van der Waals surface area contributed by atoms with Gasteiger partial charge in [-0.2, -0.15) is 0 Å². The van der Waals surface area contributed by atoms with Gasteiger partial charge in [0.2, 0.25) is 5.91 Å². The third-order valence-electron chi connectivity index (χ3n) is 9.72. The third kappa shape index (κ3) is 5.51. The van der Waals surface area contributed by atoms with E-state index in [0.717, 1.165) is 49.4 Å². The second-order valence-corrected chi connectivity index (χ2v) is 14.4. The molecule has 2 aromatic carbocycles. The van der Waals surface area contributed by atoms with Gasteiger partial charge in [-0.25, -0.2) is 13.1 Å². The molecule has 2 heterocycles. The summed E-state index contributed by atoms with van der Waals surface area (Å²) in [5.41, 5.74) is 3.04. The highest BCUT2D eigenvalue weighted by Gasteiger charge is 2.44. The number of carbonyl (C=O) groups is 1. The van der Waals surface area contributed by atoms with Crippen molar-refractivity contribution in [2.75, 3.05) is 31.7 Å². The Bertz CT molecular complexity index is 1460. The average Bonchev–Trinajstić information content (AvgIpc) is 3.08. The number of ether oxygens (including phenoxy) is 2. The molecule has 6 rings (SSSR count). The van der Waals surface area contributed by atoms with Gasteiger partial charge < -0.3 is 14.4 Å². The molecule has 0 saturated heterocycles. The summed E-state index contributed by atoms with van der Waals surface area (Å²) in [6, 6.07) is 11.2. The van der Waals surface area contributed by atoms with Crippen molar-refractivity contribution in [1.29, 1.82) is 0 Å². The van der Waals surface area contributed by atoms with E-state index >= 15 is 0 Å². The maximum Gasteiger partial charge on any atom is 0.264 e. The molecule has 1 amide bonds. The van der Waals surface area contributed by atoms with Crippen LogP contribution in [-0.2, 0) is 31.4 Å². The number of carbonyl (C=O) groups excluding carboxylic acids is 1.